The zero-order valence-electron chi connectivity index (χ0n) is 53.7. The number of pyridine rings is 5. The number of carbonyl (C=O) groups is 6. The van der Waals surface area contributed by atoms with Gasteiger partial charge in [0.15, 0.2) is 0 Å². The monoisotopic (exact) mass is 1550 g/mol. The first kappa shape index (κ1) is 76.5. The highest BCUT2D eigenvalue weighted by molar-refractivity contribution is 6.42. The number of ether oxygens (including phenoxy) is 3. The summed E-state index contributed by atoms with van der Waals surface area (Å²) >= 11 is 62.0. The van der Waals surface area contributed by atoms with Gasteiger partial charge in [0.25, 0.3) is 11.8 Å². The molecule has 0 aliphatic rings. The summed E-state index contributed by atoms with van der Waals surface area (Å²) in [4.78, 5) is 95.7. The molecule has 28 heteroatoms. The number of carboxylic acid groups (broad SMARTS) is 1. The number of benzene rings is 6. The molecule has 3 amide bonds. The number of nitrogens with one attached hydrogen (secondary N) is 3. The topological polar surface area (TPSA) is 251 Å². The normalized spacial score (nSPS) is 12.0. The molecule has 101 heavy (non-hydrogen) atoms. The number of amides is 3. The molecule has 5 heterocycles. The van der Waals surface area contributed by atoms with E-state index in [4.69, 9.17) is 130 Å². The van der Waals surface area contributed by atoms with Gasteiger partial charge in [0.05, 0.1) is 109 Å². The minimum absolute atomic E-state index is 0.0281. The smallest absolute Gasteiger partial charge is 0.408 e. The highest BCUT2D eigenvalue weighted by atomic mass is 35.5. The van der Waals surface area contributed by atoms with Gasteiger partial charge in [0.2, 0.25) is 0 Å². The number of alkyl carbamates (subject to hydrolysis) is 1. The van der Waals surface area contributed by atoms with Crippen molar-refractivity contribution < 1.29 is 48.1 Å². The number of aliphatic carboxylic acids is 1. The number of hydrogen-bond acceptors (Lipinski definition) is 14. The van der Waals surface area contributed by atoms with Crippen LogP contribution in [-0.4, -0.2) is 104 Å². The number of halogens is 10. The molecule has 0 spiro atoms. The maximum absolute atomic E-state index is 12.8. The summed E-state index contributed by atoms with van der Waals surface area (Å²) in [5.41, 5.74) is 7.68. The Bertz CT molecular complexity index is 4910. The third-order valence-corrected chi connectivity index (χ3v) is 18.0. The van der Waals surface area contributed by atoms with Gasteiger partial charge in [-0.25, -0.2) is 34.1 Å². The van der Waals surface area contributed by atoms with Crippen LogP contribution in [0.15, 0.2) is 170 Å². The van der Waals surface area contributed by atoms with E-state index in [1.807, 2.05) is 72.8 Å². The Morgan fingerprint density at radius 3 is 1.00 bits per heavy atom. The van der Waals surface area contributed by atoms with E-state index in [0.29, 0.717) is 75.0 Å². The molecule has 0 radical (unpaired) electrons. The van der Waals surface area contributed by atoms with E-state index in [-0.39, 0.29) is 50.5 Å². The first-order valence-corrected chi connectivity index (χ1v) is 34.0. The van der Waals surface area contributed by atoms with E-state index in [9.17, 15) is 33.9 Å². The number of hydrogen-bond donors (Lipinski definition) is 4. The standard InChI is InChI=1S/C25H17Cl4N3O3.C24H15Cl4N3O3.C24H24Cl2N2O4/c1-35-25(34)21(32-24(33)23-17(28)11-30-12-18(23)29)10-13-5-7-19-14(9-13)6-8-20(31-19)22-15(26)3-2-4-16(22)27;25-14-2-1-3-15(26)21(14)19-7-5-13-8-12(4-6-18(13)30-19)9-20(24(33)34)31-23(32)22-16(27)10-29-11-17(22)28;1-24(2,3)32-23(30)28-20(22(29)31-4)13-14-8-10-18-15(12-14)9-11-19(27-18)21-16(25)6-5-7-17(21)26/h2-9,11-12,21H,10H2,1H3,(H,32,33);1-8,10-11,20H,9H2,(H,31,32)(H,33,34);5-12,20H,13H2,1-4H3,(H,28,30)/t21-;2*20-/m000/s1. The second-order valence-electron chi connectivity index (χ2n) is 23.2. The molecule has 4 N–H and O–H groups in total. The van der Waals surface area contributed by atoms with Gasteiger partial charge in [0.1, 0.15) is 23.7 Å². The lowest BCUT2D eigenvalue weighted by molar-refractivity contribution is -0.143. The van der Waals surface area contributed by atoms with Gasteiger partial charge >= 0.3 is 24.0 Å². The fourth-order valence-electron chi connectivity index (χ4n) is 10.3. The molecular formula is C73H56Cl10N8O10. The molecule has 0 fully saturated rings. The van der Waals surface area contributed by atoms with Crippen LogP contribution in [0.4, 0.5) is 4.79 Å². The lowest BCUT2D eigenvalue weighted by Crippen LogP contribution is -2.45. The van der Waals surface area contributed by atoms with Crippen LogP contribution in [-0.2, 0) is 47.9 Å². The number of fused-ring (bicyclic) bond motifs is 3. The average molecular weight is 1560 g/mol. The third-order valence-electron chi connectivity index (χ3n) is 15.0. The summed E-state index contributed by atoms with van der Waals surface area (Å²) < 4.78 is 15.0. The number of esters is 2. The van der Waals surface area contributed by atoms with Gasteiger partial charge in [-0.2, -0.15) is 0 Å². The average Bonchev–Trinajstić information content (AvgIpc) is 0.805. The lowest BCUT2D eigenvalue weighted by atomic mass is 10.0. The zero-order chi connectivity index (χ0) is 73.0. The molecule has 0 saturated heterocycles. The summed E-state index contributed by atoms with van der Waals surface area (Å²) in [5, 5.41) is 23.1. The zero-order valence-corrected chi connectivity index (χ0v) is 61.2. The molecule has 11 aromatic rings. The minimum atomic E-state index is -1.21. The molecular weight excluding hydrogens is 1500 g/mol. The van der Waals surface area contributed by atoms with Crippen LogP contribution < -0.4 is 16.0 Å². The predicted octanol–water partition coefficient (Wildman–Crippen LogP) is 18.6. The Balaban J connectivity index is 0.000000177. The van der Waals surface area contributed by atoms with Crippen molar-refractivity contribution in [3.8, 4) is 33.8 Å². The number of carbonyl (C=O) groups excluding carboxylic acids is 5. The highest BCUT2D eigenvalue weighted by Gasteiger charge is 2.29. The van der Waals surface area contributed by atoms with Crippen molar-refractivity contribution in [1.29, 1.82) is 0 Å². The van der Waals surface area contributed by atoms with Crippen LogP contribution >= 0.6 is 116 Å². The minimum Gasteiger partial charge on any atom is -0.480 e. The van der Waals surface area contributed by atoms with Crippen LogP contribution in [0.5, 0.6) is 0 Å². The van der Waals surface area contributed by atoms with Crippen molar-refractivity contribution in [1.82, 2.24) is 40.9 Å². The van der Waals surface area contributed by atoms with Crippen molar-refractivity contribution in [3.63, 3.8) is 0 Å². The molecule has 18 nitrogen and oxygen atoms in total. The van der Waals surface area contributed by atoms with Crippen molar-refractivity contribution in [2.24, 2.45) is 0 Å². The Hall–Kier alpha value is -8.63. The van der Waals surface area contributed by atoms with E-state index in [1.54, 1.807) is 93.6 Å². The van der Waals surface area contributed by atoms with Crippen LogP contribution in [0.3, 0.4) is 0 Å². The summed E-state index contributed by atoms with van der Waals surface area (Å²) in [6.07, 6.45) is 4.89. The number of aromatic nitrogens is 5. The van der Waals surface area contributed by atoms with Crippen molar-refractivity contribution in [2.75, 3.05) is 14.2 Å². The predicted molar refractivity (Wildman–Crippen MR) is 399 cm³/mol. The molecule has 0 saturated carbocycles. The van der Waals surface area contributed by atoms with E-state index in [0.717, 1.165) is 38.3 Å². The number of rotatable bonds is 17. The summed E-state index contributed by atoms with van der Waals surface area (Å²) in [7, 11) is 2.53. The van der Waals surface area contributed by atoms with Crippen molar-refractivity contribution in [2.45, 2.75) is 63.8 Å². The lowest BCUT2D eigenvalue weighted by Gasteiger charge is -2.22. The number of nitrogens with zero attached hydrogens (tertiary/aromatic N) is 5. The maximum atomic E-state index is 12.8. The van der Waals surface area contributed by atoms with Crippen LogP contribution in [0.25, 0.3) is 66.5 Å². The van der Waals surface area contributed by atoms with Gasteiger partial charge < -0.3 is 35.3 Å². The molecule has 3 atom stereocenters. The second kappa shape index (κ2) is 34.4. The van der Waals surface area contributed by atoms with Gasteiger partial charge in [-0.3, -0.25) is 19.6 Å². The van der Waals surface area contributed by atoms with Crippen molar-refractivity contribution >= 4 is 185 Å². The Morgan fingerprint density at radius 2 is 0.703 bits per heavy atom. The van der Waals surface area contributed by atoms with E-state index >= 15 is 0 Å². The molecule has 5 aromatic heterocycles. The fourth-order valence-corrected chi connectivity index (χ4v) is 13.1. The van der Waals surface area contributed by atoms with E-state index in [1.165, 1.54) is 39.0 Å². The van der Waals surface area contributed by atoms with Crippen LogP contribution in [0, 0.1) is 0 Å². The second-order valence-corrected chi connectivity index (χ2v) is 27.2. The van der Waals surface area contributed by atoms with Crippen LogP contribution in [0.1, 0.15) is 58.2 Å². The van der Waals surface area contributed by atoms with Gasteiger partial charge in [0, 0.05) is 76.9 Å². The quantitative estimate of drug-likeness (QED) is 0.0489. The van der Waals surface area contributed by atoms with E-state index in [2.05, 4.69) is 40.9 Å². The molecule has 0 bridgehead atoms. The van der Waals surface area contributed by atoms with E-state index < -0.39 is 59.5 Å². The Morgan fingerprint density at radius 1 is 0.406 bits per heavy atom. The Kier molecular flexibility index (Phi) is 26.0. The highest BCUT2D eigenvalue weighted by Crippen LogP contribution is 2.38. The van der Waals surface area contributed by atoms with Crippen LogP contribution in [0.2, 0.25) is 50.2 Å². The summed E-state index contributed by atoms with van der Waals surface area (Å²) in [5.74, 6) is -3.68. The summed E-state index contributed by atoms with van der Waals surface area (Å²) in [6.45, 7) is 5.25. The summed E-state index contributed by atoms with van der Waals surface area (Å²) in [6, 6.07) is 40.4. The number of methoxy groups -OCH3 is 2. The first-order valence-electron chi connectivity index (χ1n) is 30.2. The molecule has 6 aromatic carbocycles. The third kappa shape index (κ3) is 19.7. The van der Waals surface area contributed by atoms with Gasteiger partial charge in [-0.15, -0.1) is 0 Å². The van der Waals surface area contributed by atoms with Crippen molar-refractivity contribution in [3.05, 3.63) is 248 Å². The maximum Gasteiger partial charge on any atom is 0.408 e. The number of carboxylic acids is 1. The molecule has 11 rings (SSSR count). The SMILES string of the molecule is COC(=O)[C@H](Cc1ccc2nc(-c3c(Cl)cccc3Cl)ccc2c1)NC(=O)OC(C)(C)C.COC(=O)[C@H](Cc1ccc2nc(-c3c(Cl)cccc3Cl)ccc2c1)NC(=O)c1c(Cl)cncc1Cl.O=C(N[C@@H](Cc1ccc2nc(-c3c(Cl)cccc3Cl)ccc2c1)C(=O)O)c1c(Cl)cncc1Cl. The Labute approximate surface area is 628 Å². The molecule has 0 aliphatic heterocycles. The molecule has 0 aliphatic carbocycles. The first-order chi connectivity index (χ1) is 48.1. The molecule has 0 unspecified atom stereocenters. The van der Waals surface area contributed by atoms with Gasteiger partial charge in [-0.05, 0) is 128 Å². The molecule has 518 valence electrons. The largest absolute Gasteiger partial charge is 0.480 e. The van der Waals surface area contributed by atoms with Gasteiger partial charge in [-0.1, -0.05) is 171 Å². The fraction of sp³-hybridized carbons (Fsp3) is 0.164.